The Hall–Kier alpha value is -1.75. The van der Waals surface area contributed by atoms with E-state index in [4.69, 9.17) is 0 Å². The molecule has 0 amide bonds. The van der Waals surface area contributed by atoms with Gasteiger partial charge in [0.1, 0.15) is 11.6 Å². The highest BCUT2D eigenvalue weighted by atomic mass is 19.1. The van der Waals surface area contributed by atoms with Crippen LogP contribution in [0, 0.1) is 11.6 Å². The van der Waals surface area contributed by atoms with Crippen LogP contribution >= 0.6 is 0 Å². The van der Waals surface area contributed by atoms with Crippen LogP contribution in [0.15, 0.2) is 30.5 Å². The Kier molecular flexibility index (Phi) is 5.44. The number of aromatic nitrogens is 2. The van der Waals surface area contributed by atoms with Crippen molar-refractivity contribution in [1.82, 2.24) is 15.1 Å². The zero-order valence-corrected chi connectivity index (χ0v) is 12.4. The first-order valence-electron chi connectivity index (χ1n) is 7.34. The van der Waals surface area contributed by atoms with E-state index in [9.17, 15) is 8.78 Å². The lowest BCUT2D eigenvalue weighted by atomic mass is 10.0. The molecule has 1 aromatic carbocycles. The zero-order chi connectivity index (χ0) is 15.2. The van der Waals surface area contributed by atoms with Crippen molar-refractivity contribution in [3.05, 3.63) is 53.4 Å². The van der Waals surface area contributed by atoms with Crippen LogP contribution < -0.4 is 5.32 Å². The summed E-state index contributed by atoms with van der Waals surface area (Å²) in [6.45, 7) is 5.59. The second-order valence-corrected chi connectivity index (χ2v) is 4.97. The summed E-state index contributed by atoms with van der Waals surface area (Å²) >= 11 is 0. The summed E-state index contributed by atoms with van der Waals surface area (Å²) < 4.78 is 28.7. The van der Waals surface area contributed by atoms with Crippen LogP contribution in [-0.4, -0.2) is 16.3 Å². The molecule has 1 heterocycles. The smallest absolute Gasteiger partial charge is 0.130 e. The van der Waals surface area contributed by atoms with Crippen molar-refractivity contribution in [2.24, 2.45) is 0 Å². The molecule has 0 aliphatic carbocycles. The van der Waals surface area contributed by atoms with E-state index in [-0.39, 0.29) is 6.04 Å². The number of rotatable bonds is 7. The van der Waals surface area contributed by atoms with E-state index in [1.165, 1.54) is 12.1 Å². The summed E-state index contributed by atoms with van der Waals surface area (Å²) in [5, 5.41) is 7.55. The van der Waals surface area contributed by atoms with Gasteiger partial charge in [-0.25, -0.2) is 8.78 Å². The molecule has 0 bridgehead atoms. The second kappa shape index (κ2) is 7.31. The number of hydrogen-bond donors (Lipinski definition) is 1. The van der Waals surface area contributed by atoms with Gasteiger partial charge in [0, 0.05) is 49.1 Å². The third kappa shape index (κ3) is 3.88. The minimum Gasteiger partial charge on any atom is -0.309 e. The van der Waals surface area contributed by atoms with Crippen molar-refractivity contribution in [3.8, 4) is 0 Å². The Balaban J connectivity index is 1.96. The molecule has 1 N–H and O–H groups in total. The molecule has 2 aromatic rings. The van der Waals surface area contributed by atoms with Crippen molar-refractivity contribution in [3.63, 3.8) is 0 Å². The summed E-state index contributed by atoms with van der Waals surface area (Å²) in [7, 11) is 0. The lowest BCUT2D eigenvalue weighted by molar-refractivity contribution is 0.480. The molecule has 0 spiro atoms. The Morgan fingerprint density at radius 3 is 2.71 bits per heavy atom. The monoisotopic (exact) mass is 293 g/mol. The van der Waals surface area contributed by atoms with Gasteiger partial charge < -0.3 is 5.32 Å². The van der Waals surface area contributed by atoms with Gasteiger partial charge in [0.25, 0.3) is 0 Å². The minimum absolute atomic E-state index is 0.108. The van der Waals surface area contributed by atoms with Crippen molar-refractivity contribution in [1.29, 1.82) is 0 Å². The fraction of sp³-hybridized carbons (Fsp3) is 0.438. The first-order valence-corrected chi connectivity index (χ1v) is 7.34. The van der Waals surface area contributed by atoms with Crippen LogP contribution in [0.1, 0.15) is 37.6 Å². The van der Waals surface area contributed by atoms with Crippen LogP contribution in [0.3, 0.4) is 0 Å². The third-order valence-electron chi connectivity index (χ3n) is 3.62. The molecule has 114 valence electrons. The van der Waals surface area contributed by atoms with Gasteiger partial charge in [0.15, 0.2) is 0 Å². The molecule has 0 aliphatic rings. The van der Waals surface area contributed by atoms with E-state index in [2.05, 4.69) is 10.4 Å². The van der Waals surface area contributed by atoms with E-state index in [1.807, 2.05) is 24.6 Å². The molecule has 3 nitrogen and oxygen atoms in total. The maximum atomic E-state index is 13.8. The number of nitrogens with zero attached hydrogens (tertiary/aromatic N) is 2. The van der Waals surface area contributed by atoms with Crippen LogP contribution in [0.2, 0.25) is 0 Å². The quantitative estimate of drug-likeness (QED) is 0.847. The largest absolute Gasteiger partial charge is 0.309 e. The first-order chi connectivity index (χ1) is 10.2. The fourth-order valence-electron chi connectivity index (χ4n) is 2.49. The van der Waals surface area contributed by atoms with Gasteiger partial charge in [-0.05, 0) is 25.5 Å². The van der Waals surface area contributed by atoms with E-state index in [0.29, 0.717) is 5.56 Å². The van der Waals surface area contributed by atoms with E-state index < -0.39 is 11.6 Å². The van der Waals surface area contributed by atoms with Crippen molar-refractivity contribution in [2.75, 3.05) is 6.54 Å². The SMILES string of the molecule is CC[C@H](NCCc1ccnn1CC)c1ccc(F)cc1F. The average Bonchev–Trinajstić information content (AvgIpc) is 2.92. The second-order valence-electron chi connectivity index (χ2n) is 4.97. The Morgan fingerprint density at radius 2 is 2.05 bits per heavy atom. The fourth-order valence-corrected chi connectivity index (χ4v) is 2.49. The Morgan fingerprint density at radius 1 is 1.24 bits per heavy atom. The van der Waals surface area contributed by atoms with Gasteiger partial charge in [0.05, 0.1) is 0 Å². The normalized spacial score (nSPS) is 12.6. The summed E-state index contributed by atoms with van der Waals surface area (Å²) in [4.78, 5) is 0. The number of benzene rings is 1. The van der Waals surface area contributed by atoms with Crippen molar-refractivity contribution < 1.29 is 8.78 Å². The molecule has 2 rings (SSSR count). The highest BCUT2D eigenvalue weighted by Gasteiger charge is 2.14. The number of nitrogens with one attached hydrogen (secondary N) is 1. The number of aryl methyl sites for hydroxylation is 1. The van der Waals surface area contributed by atoms with Gasteiger partial charge in [-0.1, -0.05) is 13.0 Å². The lowest BCUT2D eigenvalue weighted by Crippen LogP contribution is -2.25. The molecule has 5 heteroatoms. The van der Waals surface area contributed by atoms with Gasteiger partial charge in [-0.15, -0.1) is 0 Å². The molecule has 0 fully saturated rings. The molecule has 0 saturated heterocycles. The van der Waals surface area contributed by atoms with E-state index in [1.54, 1.807) is 6.20 Å². The predicted molar refractivity (Wildman–Crippen MR) is 79.0 cm³/mol. The van der Waals surface area contributed by atoms with Crippen molar-refractivity contribution in [2.45, 2.75) is 39.3 Å². The number of halogens is 2. The zero-order valence-electron chi connectivity index (χ0n) is 12.4. The highest BCUT2D eigenvalue weighted by Crippen LogP contribution is 2.20. The van der Waals surface area contributed by atoms with Gasteiger partial charge in [0.2, 0.25) is 0 Å². The first kappa shape index (κ1) is 15.6. The maximum absolute atomic E-state index is 13.8. The van der Waals surface area contributed by atoms with Gasteiger partial charge in [-0.3, -0.25) is 4.68 Å². The molecule has 21 heavy (non-hydrogen) atoms. The molecule has 0 saturated carbocycles. The Labute approximate surface area is 124 Å². The van der Waals surface area contributed by atoms with Crippen LogP contribution in [0.5, 0.6) is 0 Å². The standard InChI is InChI=1S/C16H21F2N3/c1-3-16(14-6-5-12(17)11-15(14)18)19-9-7-13-8-10-20-21(13)4-2/h5-6,8,10-11,16,19H,3-4,7,9H2,1-2H3/t16-/m0/s1. The highest BCUT2D eigenvalue weighted by molar-refractivity contribution is 5.22. The summed E-state index contributed by atoms with van der Waals surface area (Å²) in [6, 6.07) is 5.64. The van der Waals surface area contributed by atoms with Crippen LogP contribution in [-0.2, 0) is 13.0 Å². The van der Waals surface area contributed by atoms with Gasteiger partial charge >= 0.3 is 0 Å². The number of hydrogen-bond acceptors (Lipinski definition) is 2. The molecule has 0 unspecified atom stereocenters. The summed E-state index contributed by atoms with van der Waals surface area (Å²) in [6.07, 6.45) is 3.36. The lowest BCUT2D eigenvalue weighted by Gasteiger charge is -2.18. The average molecular weight is 293 g/mol. The van der Waals surface area contributed by atoms with Gasteiger partial charge in [-0.2, -0.15) is 5.10 Å². The van der Waals surface area contributed by atoms with Crippen LogP contribution in [0.4, 0.5) is 8.78 Å². The van der Waals surface area contributed by atoms with E-state index in [0.717, 1.165) is 37.7 Å². The molecule has 0 aliphatic heterocycles. The third-order valence-corrected chi connectivity index (χ3v) is 3.62. The maximum Gasteiger partial charge on any atom is 0.130 e. The minimum atomic E-state index is -0.544. The topological polar surface area (TPSA) is 29.9 Å². The summed E-state index contributed by atoms with van der Waals surface area (Å²) in [5.41, 5.74) is 1.67. The molecular weight excluding hydrogens is 272 g/mol. The molecule has 0 radical (unpaired) electrons. The predicted octanol–water partition coefficient (Wildman–Crippen LogP) is 3.46. The Bertz CT molecular complexity index is 581. The van der Waals surface area contributed by atoms with Crippen LogP contribution in [0.25, 0.3) is 0 Å². The summed E-state index contributed by atoms with van der Waals surface area (Å²) in [5.74, 6) is -1.04. The molecule has 1 aromatic heterocycles. The van der Waals surface area contributed by atoms with E-state index >= 15 is 0 Å². The molecule has 1 atom stereocenters. The molecular formula is C16H21F2N3. The van der Waals surface area contributed by atoms with Crippen molar-refractivity contribution >= 4 is 0 Å².